The molecule has 0 atom stereocenters. The second-order valence-corrected chi connectivity index (χ2v) is 4.13. The topological polar surface area (TPSA) is 38.3 Å². The largest absolute Gasteiger partial charge is 0.269 e. The van der Waals surface area contributed by atoms with Crippen LogP contribution in [0.25, 0.3) is 6.08 Å². The molecule has 0 bridgehead atoms. The molecule has 0 saturated heterocycles. The van der Waals surface area contributed by atoms with Crippen LogP contribution in [0.15, 0.2) is 60.7 Å². The first kappa shape index (κ1) is 14.0. The molecule has 0 aliphatic rings. The van der Waals surface area contributed by atoms with Crippen LogP contribution in [0.1, 0.15) is 11.1 Å². The van der Waals surface area contributed by atoms with E-state index in [1.165, 1.54) is 24.3 Å². The Bertz CT molecular complexity index is 596. The van der Waals surface area contributed by atoms with E-state index in [-0.39, 0.29) is 5.82 Å². The molecular weight excluding hydrogens is 257 g/mol. The Morgan fingerprint density at radius 1 is 1.15 bits per heavy atom. The average Bonchev–Trinajstić information content (AvgIpc) is 2.46. The third-order valence-electron chi connectivity index (χ3n) is 2.53. The van der Waals surface area contributed by atoms with Crippen molar-refractivity contribution in [3.63, 3.8) is 0 Å². The number of rotatable bonds is 5. The second-order valence-electron chi connectivity index (χ2n) is 4.13. The van der Waals surface area contributed by atoms with E-state index in [1.807, 2.05) is 30.3 Å². The van der Waals surface area contributed by atoms with Crippen LogP contribution in [-0.4, -0.2) is 5.91 Å². The van der Waals surface area contributed by atoms with Gasteiger partial charge in [0.2, 0.25) is 0 Å². The Hall–Kier alpha value is -2.46. The van der Waals surface area contributed by atoms with Crippen LogP contribution in [0.4, 0.5) is 4.39 Å². The summed E-state index contributed by atoms with van der Waals surface area (Å²) in [5.41, 5.74) is 3.87. The van der Waals surface area contributed by atoms with Gasteiger partial charge in [-0.25, -0.2) is 9.87 Å². The number of carbonyl (C=O) groups is 1. The van der Waals surface area contributed by atoms with Crippen LogP contribution in [0.2, 0.25) is 0 Å². The molecule has 1 N–H and O–H groups in total. The lowest BCUT2D eigenvalue weighted by atomic mass is 10.2. The Labute approximate surface area is 116 Å². The maximum absolute atomic E-state index is 12.9. The fourth-order valence-electron chi connectivity index (χ4n) is 1.58. The standard InChI is InChI=1S/C16H14FNO2/c17-15-8-4-7-13(11-15)9-10-16(19)18-20-12-14-5-2-1-3-6-14/h1-11H,12H2,(H,18,19)/b10-9+. The summed E-state index contributed by atoms with van der Waals surface area (Å²) < 4.78 is 12.9. The highest BCUT2D eigenvalue weighted by Crippen LogP contribution is 2.05. The third-order valence-corrected chi connectivity index (χ3v) is 2.53. The van der Waals surface area contributed by atoms with Gasteiger partial charge in [0.15, 0.2) is 0 Å². The van der Waals surface area contributed by atoms with Crippen molar-refractivity contribution in [3.8, 4) is 0 Å². The zero-order valence-corrected chi connectivity index (χ0v) is 10.8. The zero-order valence-electron chi connectivity index (χ0n) is 10.8. The minimum Gasteiger partial charge on any atom is -0.269 e. The number of hydroxylamine groups is 1. The number of halogens is 1. The lowest BCUT2D eigenvalue weighted by molar-refractivity contribution is -0.129. The van der Waals surface area contributed by atoms with E-state index >= 15 is 0 Å². The molecule has 2 aromatic carbocycles. The van der Waals surface area contributed by atoms with Gasteiger partial charge in [-0.3, -0.25) is 9.63 Å². The number of hydrogen-bond donors (Lipinski definition) is 1. The normalized spacial score (nSPS) is 10.7. The molecule has 0 aromatic heterocycles. The lowest BCUT2D eigenvalue weighted by Gasteiger charge is -2.03. The van der Waals surface area contributed by atoms with Crippen molar-refractivity contribution in [2.75, 3.05) is 0 Å². The van der Waals surface area contributed by atoms with Gasteiger partial charge in [-0.1, -0.05) is 42.5 Å². The summed E-state index contributed by atoms with van der Waals surface area (Å²) in [6, 6.07) is 15.5. The number of nitrogens with one attached hydrogen (secondary N) is 1. The molecular formula is C16H14FNO2. The summed E-state index contributed by atoms with van der Waals surface area (Å²) in [7, 11) is 0. The van der Waals surface area contributed by atoms with Gasteiger partial charge >= 0.3 is 0 Å². The molecule has 102 valence electrons. The fourth-order valence-corrected chi connectivity index (χ4v) is 1.58. The predicted octanol–water partition coefficient (Wildman–Crippen LogP) is 3.09. The highest BCUT2D eigenvalue weighted by Gasteiger charge is 1.97. The molecule has 0 saturated carbocycles. The van der Waals surface area contributed by atoms with E-state index in [2.05, 4.69) is 5.48 Å². The first-order valence-corrected chi connectivity index (χ1v) is 6.13. The van der Waals surface area contributed by atoms with E-state index in [1.54, 1.807) is 12.1 Å². The summed E-state index contributed by atoms with van der Waals surface area (Å²) >= 11 is 0. The minimum atomic E-state index is -0.398. The molecule has 4 heteroatoms. The summed E-state index contributed by atoms with van der Waals surface area (Å²) in [5, 5.41) is 0. The Morgan fingerprint density at radius 2 is 1.95 bits per heavy atom. The quantitative estimate of drug-likeness (QED) is 0.670. The van der Waals surface area contributed by atoms with E-state index < -0.39 is 5.91 Å². The fraction of sp³-hybridized carbons (Fsp3) is 0.0625. The van der Waals surface area contributed by atoms with Crippen molar-refractivity contribution in [2.24, 2.45) is 0 Å². The van der Waals surface area contributed by atoms with Crippen LogP contribution in [0.3, 0.4) is 0 Å². The van der Waals surface area contributed by atoms with Gasteiger partial charge < -0.3 is 0 Å². The van der Waals surface area contributed by atoms with Crippen LogP contribution < -0.4 is 5.48 Å². The Morgan fingerprint density at radius 3 is 2.70 bits per heavy atom. The van der Waals surface area contributed by atoms with Gasteiger partial charge in [0.05, 0.1) is 6.61 Å². The number of hydrogen-bond acceptors (Lipinski definition) is 2. The number of amides is 1. The molecule has 0 heterocycles. The summed E-state index contributed by atoms with van der Waals surface area (Å²) in [6.07, 6.45) is 2.81. The van der Waals surface area contributed by atoms with E-state index in [9.17, 15) is 9.18 Å². The van der Waals surface area contributed by atoms with Gasteiger partial charge in [-0.2, -0.15) is 0 Å². The summed E-state index contributed by atoms with van der Waals surface area (Å²) in [6.45, 7) is 0.292. The maximum Gasteiger partial charge on any atom is 0.267 e. The molecule has 0 radical (unpaired) electrons. The van der Waals surface area contributed by atoms with Crippen molar-refractivity contribution in [1.82, 2.24) is 5.48 Å². The molecule has 1 amide bonds. The first-order chi connectivity index (χ1) is 9.74. The zero-order chi connectivity index (χ0) is 14.2. The molecule has 0 aliphatic carbocycles. The molecule has 0 aliphatic heterocycles. The third kappa shape index (κ3) is 4.66. The summed E-state index contributed by atoms with van der Waals surface area (Å²) in [5.74, 6) is -0.738. The minimum absolute atomic E-state index is 0.292. The molecule has 2 aromatic rings. The SMILES string of the molecule is O=C(/C=C/c1cccc(F)c1)NOCc1ccccc1. The molecule has 3 nitrogen and oxygen atoms in total. The second kappa shape index (κ2) is 7.21. The van der Waals surface area contributed by atoms with Crippen molar-refractivity contribution < 1.29 is 14.0 Å². The van der Waals surface area contributed by atoms with Crippen LogP contribution in [0.5, 0.6) is 0 Å². The van der Waals surface area contributed by atoms with Crippen LogP contribution in [-0.2, 0) is 16.2 Å². The Balaban J connectivity index is 1.78. The molecule has 0 unspecified atom stereocenters. The van der Waals surface area contributed by atoms with Crippen molar-refractivity contribution in [2.45, 2.75) is 6.61 Å². The van der Waals surface area contributed by atoms with Gasteiger partial charge in [0, 0.05) is 6.08 Å². The van der Waals surface area contributed by atoms with Crippen LogP contribution in [0, 0.1) is 5.82 Å². The summed E-state index contributed by atoms with van der Waals surface area (Å²) in [4.78, 5) is 16.5. The highest BCUT2D eigenvalue weighted by molar-refractivity contribution is 5.90. The first-order valence-electron chi connectivity index (χ1n) is 6.13. The van der Waals surface area contributed by atoms with Gasteiger partial charge in [-0.15, -0.1) is 0 Å². The lowest BCUT2D eigenvalue weighted by Crippen LogP contribution is -2.21. The Kier molecular flexibility index (Phi) is 5.03. The monoisotopic (exact) mass is 271 g/mol. The molecule has 0 fully saturated rings. The van der Waals surface area contributed by atoms with Gasteiger partial charge in [0.1, 0.15) is 5.82 Å². The maximum atomic E-state index is 12.9. The predicted molar refractivity (Wildman–Crippen MR) is 74.8 cm³/mol. The van der Waals surface area contributed by atoms with E-state index in [0.29, 0.717) is 12.2 Å². The molecule has 20 heavy (non-hydrogen) atoms. The number of carbonyl (C=O) groups excluding carboxylic acids is 1. The van der Waals surface area contributed by atoms with Crippen molar-refractivity contribution >= 4 is 12.0 Å². The molecule has 2 rings (SSSR count). The van der Waals surface area contributed by atoms with Gasteiger partial charge in [-0.05, 0) is 29.3 Å². The smallest absolute Gasteiger partial charge is 0.267 e. The highest BCUT2D eigenvalue weighted by atomic mass is 19.1. The number of benzene rings is 2. The van der Waals surface area contributed by atoms with Crippen molar-refractivity contribution in [3.05, 3.63) is 77.6 Å². The van der Waals surface area contributed by atoms with Crippen LogP contribution >= 0.6 is 0 Å². The van der Waals surface area contributed by atoms with E-state index in [0.717, 1.165) is 5.56 Å². The average molecular weight is 271 g/mol. The van der Waals surface area contributed by atoms with E-state index in [4.69, 9.17) is 4.84 Å². The van der Waals surface area contributed by atoms with Crippen molar-refractivity contribution in [1.29, 1.82) is 0 Å². The van der Waals surface area contributed by atoms with Gasteiger partial charge in [0.25, 0.3) is 5.91 Å². The molecule has 0 spiro atoms.